The molecular formula is C21H38N2O4. The Hall–Kier alpha value is -0.980. The summed E-state index contributed by atoms with van der Waals surface area (Å²) in [6.45, 7) is 11.3. The lowest BCUT2D eigenvalue weighted by Gasteiger charge is -2.41. The van der Waals surface area contributed by atoms with Gasteiger partial charge in [-0.05, 0) is 52.6 Å². The zero-order valence-corrected chi connectivity index (χ0v) is 17.5. The molecule has 2 fully saturated rings. The first-order chi connectivity index (χ1) is 13.0. The molecule has 0 aromatic rings. The molecule has 1 amide bonds. The summed E-state index contributed by atoms with van der Waals surface area (Å²) in [7, 11) is 0. The van der Waals surface area contributed by atoms with Crippen molar-refractivity contribution in [3.63, 3.8) is 0 Å². The number of carbonyl (C=O) groups is 2. The van der Waals surface area contributed by atoms with E-state index in [-0.39, 0.29) is 17.9 Å². The van der Waals surface area contributed by atoms with Crippen molar-refractivity contribution in [3.05, 3.63) is 0 Å². The van der Waals surface area contributed by atoms with Crippen molar-refractivity contribution in [1.82, 2.24) is 9.80 Å². The van der Waals surface area contributed by atoms with Crippen LogP contribution in [0.15, 0.2) is 0 Å². The molecule has 6 nitrogen and oxygen atoms in total. The first-order valence-electron chi connectivity index (χ1n) is 10.7. The standard InChI is InChI=1S/C21H38N2O4/c1-4-20(24)18-5-10-22(11-6-18)19-7-12-23(13-8-19)21(25)9-14-26-15-16-27-17(2)3/h17-19H,4-16H2,1-3H3. The van der Waals surface area contributed by atoms with Gasteiger partial charge >= 0.3 is 0 Å². The fourth-order valence-corrected chi connectivity index (χ4v) is 4.12. The predicted molar refractivity (Wildman–Crippen MR) is 106 cm³/mol. The van der Waals surface area contributed by atoms with Gasteiger partial charge in [0.05, 0.1) is 32.3 Å². The Labute approximate surface area is 164 Å². The summed E-state index contributed by atoms with van der Waals surface area (Å²) in [4.78, 5) is 28.7. The van der Waals surface area contributed by atoms with E-state index >= 15 is 0 Å². The highest BCUT2D eigenvalue weighted by Gasteiger charge is 2.30. The minimum atomic E-state index is 0.200. The van der Waals surface area contributed by atoms with Crippen LogP contribution in [0.4, 0.5) is 0 Å². The van der Waals surface area contributed by atoms with Crippen LogP contribution in [0.25, 0.3) is 0 Å². The van der Waals surface area contributed by atoms with E-state index in [2.05, 4.69) is 4.90 Å². The number of piperidine rings is 2. The van der Waals surface area contributed by atoms with Gasteiger partial charge < -0.3 is 19.3 Å². The smallest absolute Gasteiger partial charge is 0.224 e. The molecule has 156 valence electrons. The van der Waals surface area contributed by atoms with E-state index in [4.69, 9.17) is 9.47 Å². The molecule has 27 heavy (non-hydrogen) atoms. The summed E-state index contributed by atoms with van der Waals surface area (Å²) in [5, 5.41) is 0. The van der Waals surface area contributed by atoms with Gasteiger partial charge in [0.2, 0.25) is 5.91 Å². The Morgan fingerprint density at radius 3 is 2.22 bits per heavy atom. The van der Waals surface area contributed by atoms with E-state index in [0.717, 1.165) is 51.9 Å². The highest BCUT2D eigenvalue weighted by molar-refractivity contribution is 5.80. The maximum Gasteiger partial charge on any atom is 0.224 e. The summed E-state index contributed by atoms with van der Waals surface area (Å²) in [6, 6.07) is 0.566. The van der Waals surface area contributed by atoms with Crippen molar-refractivity contribution in [2.45, 2.75) is 71.4 Å². The lowest BCUT2D eigenvalue weighted by Crippen LogP contribution is -2.49. The summed E-state index contributed by atoms with van der Waals surface area (Å²) in [5.74, 6) is 0.900. The second kappa shape index (κ2) is 11.8. The summed E-state index contributed by atoms with van der Waals surface area (Å²) in [6.07, 6.45) is 5.43. The molecule has 2 heterocycles. The number of Topliss-reactive ketones (excluding diaryl/α,β-unsaturated/α-hetero) is 1. The number of hydrogen-bond donors (Lipinski definition) is 0. The van der Waals surface area contributed by atoms with Gasteiger partial charge in [-0.1, -0.05) is 6.92 Å². The maximum atomic E-state index is 12.3. The molecule has 2 aliphatic heterocycles. The van der Waals surface area contributed by atoms with Crippen LogP contribution in [0.5, 0.6) is 0 Å². The highest BCUT2D eigenvalue weighted by Crippen LogP contribution is 2.25. The van der Waals surface area contributed by atoms with Gasteiger partial charge in [0.1, 0.15) is 5.78 Å². The van der Waals surface area contributed by atoms with Gasteiger partial charge in [-0.3, -0.25) is 9.59 Å². The van der Waals surface area contributed by atoms with Crippen LogP contribution in [0.3, 0.4) is 0 Å². The van der Waals surface area contributed by atoms with Crippen molar-refractivity contribution < 1.29 is 19.1 Å². The molecule has 0 aromatic carbocycles. The molecule has 0 unspecified atom stereocenters. The lowest BCUT2D eigenvalue weighted by molar-refractivity contribution is -0.134. The molecule has 0 aromatic heterocycles. The average molecular weight is 383 g/mol. The van der Waals surface area contributed by atoms with Crippen LogP contribution >= 0.6 is 0 Å². The van der Waals surface area contributed by atoms with Crippen LogP contribution < -0.4 is 0 Å². The Morgan fingerprint density at radius 2 is 1.63 bits per heavy atom. The molecule has 0 N–H and O–H groups in total. The zero-order chi connectivity index (χ0) is 19.6. The van der Waals surface area contributed by atoms with E-state index in [9.17, 15) is 9.59 Å². The zero-order valence-electron chi connectivity index (χ0n) is 17.5. The minimum Gasteiger partial charge on any atom is -0.379 e. The molecular weight excluding hydrogens is 344 g/mol. The number of likely N-dealkylation sites (tertiary alicyclic amines) is 2. The molecule has 6 heteroatoms. The van der Waals surface area contributed by atoms with Crippen molar-refractivity contribution in [2.75, 3.05) is 46.0 Å². The lowest BCUT2D eigenvalue weighted by atomic mass is 9.89. The first-order valence-corrected chi connectivity index (χ1v) is 10.7. The van der Waals surface area contributed by atoms with Crippen LogP contribution in [0, 0.1) is 5.92 Å². The molecule has 0 aliphatic carbocycles. The monoisotopic (exact) mass is 382 g/mol. The number of carbonyl (C=O) groups excluding carboxylic acids is 2. The molecule has 0 atom stereocenters. The normalized spacial score (nSPS) is 20.4. The van der Waals surface area contributed by atoms with Gasteiger partial charge in [-0.2, -0.15) is 0 Å². The number of nitrogens with zero attached hydrogens (tertiary/aromatic N) is 2. The van der Waals surface area contributed by atoms with Crippen molar-refractivity contribution in [1.29, 1.82) is 0 Å². The second-order valence-corrected chi connectivity index (χ2v) is 8.02. The third-order valence-corrected chi connectivity index (χ3v) is 5.81. The topological polar surface area (TPSA) is 59.1 Å². The Bertz CT molecular complexity index is 453. The minimum absolute atomic E-state index is 0.200. The predicted octanol–water partition coefficient (Wildman–Crippen LogP) is 2.50. The Balaban J connectivity index is 1.58. The van der Waals surface area contributed by atoms with E-state index in [1.54, 1.807) is 0 Å². The third-order valence-electron chi connectivity index (χ3n) is 5.81. The number of ether oxygens (including phenoxy) is 2. The van der Waals surface area contributed by atoms with E-state index in [1.807, 2.05) is 25.7 Å². The molecule has 0 radical (unpaired) electrons. The van der Waals surface area contributed by atoms with E-state index in [1.165, 1.54) is 0 Å². The van der Waals surface area contributed by atoms with Crippen LogP contribution in [-0.2, 0) is 19.1 Å². The fraction of sp³-hybridized carbons (Fsp3) is 0.905. The highest BCUT2D eigenvalue weighted by atomic mass is 16.5. The van der Waals surface area contributed by atoms with Crippen LogP contribution in [0.1, 0.15) is 59.3 Å². The van der Waals surface area contributed by atoms with Crippen molar-refractivity contribution >= 4 is 11.7 Å². The van der Waals surface area contributed by atoms with Gasteiger partial charge in [-0.15, -0.1) is 0 Å². The SMILES string of the molecule is CCC(=O)C1CCN(C2CCN(C(=O)CCOCCOC(C)C)CC2)CC1. The number of ketones is 1. The van der Waals surface area contributed by atoms with E-state index < -0.39 is 0 Å². The summed E-state index contributed by atoms with van der Waals surface area (Å²) >= 11 is 0. The second-order valence-electron chi connectivity index (χ2n) is 8.02. The van der Waals surface area contributed by atoms with Crippen LogP contribution in [-0.4, -0.2) is 79.6 Å². The van der Waals surface area contributed by atoms with Gasteiger partial charge in [-0.25, -0.2) is 0 Å². The van der Waals surface area contributed by atoms with Crippen LogP contribution in [0.2, 0.25) is 0 Å². The van der Waals surface area contributed by atoms with Crippen molar-refractivity contribution in [3.8, 4) is 0 Å². The molecule has 0 bridgehead atoms. The third kappa shape index (κ3) is 7.51. The molecule has 2 saturated heterocycles. The van der Waals surface area contributed by atoms with Gasteiger partial charge in [0.15, 0.2) is 0 Å². The maximum absolute atomic E-state index is 12.3. The van der Waals surface area contributed by atoms with Gasteiger partial charge in [0.25, 0.3) is 0 Å². The first kappa shape index (κ1) is 22.3. The number of hydrogen-bond acceptors (Lipinski definition) is 5. The molecule has 0 spiro atoms. The number of rotatable bonds is 10. The Kier molecular flexibility index (Phi) is 9.73. The van der Waals surface area contributed by atoms with Crippen molar-refractivity contribution in [2.24, 2.45) is 5.92 Å². The molecule has 0 saturated carbocycles. The molecule has 2 rings (SSSR count). The summed E-state index contributed by atoms with van der Waals surface area (Å²) < 4.78 is 10.9. The quantitative estimate of drug-likeness (QED) is 0.543. The van der Waals surface area contributed by atoms with E-state index in [0.29, 0.717) is 44.5 Å². The molecule has 2 aliphatic rings. The fourth-order valence-electron chi connectivity index (χ4n) is 4.12. The number of amides is 1. The average Bonchev–Trinajstić information content (AvgIpc) is 2.70. The summed E-state index contributed by atoms with van der Waals surface area (Å²) in [5.41, 5.74) is 0. The van der Waals surface area contributed by atoms with Gasteiger partial charge in [0, 0.05) is 31.5 Å². The largest absolute Gasteiger partial charge is 0.379 e. The Morgan fingerprint density at radius 1 is 0.963 bits per heavy atom.